The summed E-state index contributed by atoms with van der Waals surface area (Å²) in [5, 5.41) is -1.08. The van der Waals surface area contributed by atoms with Crippen LogP contribution in [0.1, 0.15) is 25.1 Å². The number of rotatable bonds is 6. The first-order chi connectivity index (χ1) is 8.40. The minimum Gasteiger partial charge on any atom is -0.384 e. The predicted octanol–water partition coefficient (Wildman–Crippen LogP) is 1.01. The van der Waals surface area contributed by atoms with Crippen LogP contribution in [0.5, 0.6) is 0 Å². The van der Waals surface area contributed by atoms with Crippen LogP contribution >= 0.6 is 0 Å². The zero-order chi connectivity index (χ0) is 13.8. The smallest absolute Gasteiger partial charge is 0.268 e. The highest BCUT2D eigenvalue weighted by Crippen LogP contribution is 2.24. The first kappa shape index (κ1) is 14.9. The molecule has 102 valence electrons. The summed E-state index contributed by atoms with van der Waals surface area (Å²) in [5.41, 5.74) is 0. The molecule has 1 heterocycles. The second-order valence-corrected chi connectivity index (χ2v) is 5.42. The molecule has 1 rings (SSSR count). The summed E-state index contributed by atoms with van der Waals surface area (Å²) in [7, 11) is -2.85. The maximum absolute atomic E-state index is 12.7. The van der Waals surface area contributed by atoms with Gasteiger partial charge in [-0.3, -0.25) is 4.55 Å². The van der Waals surface area contributed by atoms with Gasteiger partial charge in [0.15, 0.2) is 5.82 Å². The minimum absolute atomic E-state index is 0.0178. The van der Waals surface area contributed by atoms with E-state index in [4.69, 9.17) is 4.74 Å². The fraction of sp³-hybridized carbons (Fsp3) is 0.600. The molecule has 0 aliphatic carbocycles. The Morgan fingerprint density at radius 2 is 2.00 bits per heavy atom. The lowest BCUT2D eigenvalue weighted by molar-refractivity contribution is 0.172. The van der Waals surface area contributed by atoms with Crippen molar-refractivity contribution in [2.24, 2.45) is 0 Å². The van der Waals surface area contributed by atoms with Crippen molar-refractivity contribution in [3.8, 4) is 0 Å². The van der Waals surface area contributed by atoms with Crippen LogP contribution in [0.2, 0.25) is 0 Å². The lowest BCUT2D eigenvalue weighted by Crippen LogP contribution is -2.31. The molecule has 0 fully saturated rings. The highest BCUT2D eigenvalue weighted by molar-refractivity contribution is 7.86. The average molecular weight is 278 g/mol. The van der Waals surface area contributed by atoms with Gasteiger partial charge < -0.3 is 4.74 Å². The van der Waals surface area contributed by atoms with Crippen LogP contribution in [-0.4, -0.2) is 41.9 Å². The van der Waals surface area contributed by atoms with Crippen LogP contribution in [0.25, 0.3) is 0 Å². The van der Waals surface area contributed by atoms with Crippen LogP contribution in [0.4, 0.5) is 4.39 Å². The summed E-state index contributed by atoms with van der Waals surface area (Å²) in [6.45, 7) is 1.63. The van der Waals surface area contributed by atoms with E-state index in [-0.39, 0.29) is 18.9 Å². The van der Waals surface area contributed by atoms with Crippen molar-refractivity contribution in [2.45, 2.75) is 24.5 Å². The molecule has 1 aromatic rings. The fourth-order valence-electron chi connectivity index (χ4n) is 1.74. The van der Waals surface area contributed by atoms with Crippen molar-refractivity contribution in [1.29, 1.82) is 0 Å². The van der Waals surface area contributed by atoms with Crippen LogP contribution in [0, 0.1) is 5.82 Å². The number of nitrogens with zero attached hydrogens (tertiary/aromatic N) is 2. The molecule has 18 heavy (non-hydrogen) atoms. The van der Waals surface area contributed by atoms with E-state index in [1.54, 1.807) is 6.92 Å². The van der Waals surface area contributed by atoms with Gasteiger partial charge in [0, 0.05) is 7.11 Å². The molecule has 2 atom stereocenters. The molecule has 0 unspecified atom stereocenters. The van der Waals surface area contributed by atoms with Crippen LogP contribution in [0.3, 0.4) is 0 Å². The van der Waals surface area contributed by atoms with Crippen LogP contribution in [0.15, 0.2) is 12.4 Å². The third kappa shape index (κ3) is 3.69. The van der Waals surface area contributed by atoms with Gasteiger partial charge >= 0.3 is 0 Å². The molecule has 0 saturated carbocycles. The van der Waals surface area contributed by atoms with Gasteiger partial charge in [0.05, 0.1) is 30.2 Å². The molecule has 1 N–H and O–H groups in total. The first-order valence-corrected chi connectivity index (χ1v) is 6.83. The standard InChI is InChI=1S/C10H15FN2O4S/c1-3-9(18(14,15)16)8(6-17-2)10-12-4-7(11)5-13-10/h4-5,8-9H,3,6H2,1-2H3,(H,14,15,16)/t8-,9-/m0/s1. The summed E-state index contributed by atoms with van der Waals surface area (Å²) in [6.07, 6.45) is 2.07. The van der Waals surface area contributed by atoms with E-state index < -0.39 is 27.1 Å². The number of halogens is 1. The molecule has 6 nitrogen and oxygen atoms in total. The summed E-state index contributed by atoms with van der Waals surface area (Å²) in [6, 6.07) is 0. The maximum Gasteiger partial charge on any atom is 0.268 e. The summed E-state index contributed by atoms with van der Waals surface area (Å²) in [5.74, 6) is -1.23. The van der Waals surface area contributed by atoms with Gasteiger partial charge in [0.25, 0.3) is 10.1 Å². The second-order valence-electron chi connectivity index (χ2n) is 3.78. The van der Waals surface area contributed by atoms with Crippen molar-refractivity contribution >= 4 is 10.1 Å². The topological polar surface area (TPSA) is 89.4 Å². The number of methoxy groups -OCH3 is 1. The Morgan fingerprint density at radius 3 is 2.39 bits per heavy atom. The lowest BCUT2D eigenvalue weighted by atomic mass is 10.0. The lowest BCUT2D eigenvalue weighted by Gasteiger charge is -2.21. The Bertz CT molecular complexity index is 477. The van der Waals surface area contributed by atoms with Crippen molar-refractivity contribution in [3.63, 3.8) is 0 Å². The molecule has 0 aliphatic heterocycles. The minimum atomic E-state index is -4.25. The highest BCUT2D eigenvalue weighted by Gasteiger charge is 2.33. The number of hydrogen-bond acceptors (Lipinski definition) is 5. The quantitative estimate of drug-likeness (QED) is 0.781. The molecule has 0 spiro atoms. The van der Waals surface area contributed by atoms with Gasteiger partial charge in [0.2, 0.25) is 0 Å². The van der Waals surface area contributed by atoms with Gasteiger partial charge in [-0.15, -0.1) is 0 Å². The fourth-order valence-corrected chi connectivity index (χ4v) is 2.78. The zero-order valence-electron chi connectivity index (χ0n) is 10.1. The normalized spacial score (nSPS) is 15.3. The van der Waals surface area contributed by atoms with E-state index in [0.29, 0.717) is 0 Å². The third-order valence-corrected chi connectivity index (χ3v) is 3.98. The second kappa shape index (κ2) is 6.17. The average Bonchev–Trinajstić information content (AvgIpc) is 2.28. The zero-order valence-corrected chi connectivity index (χ0v) is 10.9. The van der Waals surface area contributed by atoms with Gasteiger partial charge in [-0.05, 0) is 6.42 Å². The molecule has 0 aliphatic rings. The molecule has 1 aromatic heterocycles. The summed E-state index contributed by atoms with van der Waals surface area (Å²) >= 11 is 0. The molecule has 0 aromatic carbocycles. The van der Waals surface area contributed by atoms with Gasteiger partial charge in [-0.25, -0.2) is 14.4 Å². The number of ether oxygens (including phenoxy) is 1. The van der Waals surface area contributed by atoms with Crippen molar-refractivity contribution < 1.29 is 22.1 Å². The van der Waals surface area contributed by atoms with Gasteiger partial charge in [-0.2, -0.15) is 8.42 Å². The summed E-state index contributed by atoms with van der Waals surface area (Å²) < 4.78 is 49.4. The van der Waals surface area contributed by atoms with E-state index in [1.807, 2.05) is 0 Å². The highest BCUT2D eigenvalue weighted by atomic mass is 32.2. The molecular weight excluding hydrogens is 263 g/mol. The monoisotopic (exact) mass is 278 g/mol. The SMILES string of the molecule is CC[C@@H]([C@H](COC)c1ncc(F)cn1)S(=O)(=O)O. The van der Waals surface area contributed by atoms with E-state index in [0.717, 1.165) is 12.4 Å². The summed E-state index contributed by atoms with van der Waals surface area (Å²) in [4.78, 5) is 7.48. The Balaban J connectivity index is 3.12. The van der Waals surface area contributed by atoms with Gasteiger partial charge in [-0.1, -0.05) is 6.92 Å². The number of hydrogen-bond donors (Lipinski definition) is 1. The van der Waals surface area contributed by atoms with Crippen molar-refractivity contribution in [2.75, 3.05) is 13.7 Å². The van der Waals surface area contributed by atoms with Crippen molar-refractivity contribution in [1.82, 2.24) is 9.97 Å². The number of aromatic nitrogens is 2. The Morgan fingerprint density at radius 1 is 1.44 bits per heavy atom. The van der Waals surface area contributed by atoms with Crippen LogP contribution in [-0.2, 0) is 14.9 Å². The Labute approximate surface area is 105 Å². The third-order valence-electron chi connectivity index (χ3n) is 2.55. The first-order valence-electron chi connectivity index (χ1n) is 5.32. The molecule has 0 saturated heterocycles. The van der Waals surface area contributed by atoms with E-state index >= 15 is 0 Å². The molecule has 0 amide bonds. The van der Waals surface area contributed by atoms with Crippen LogP contribution < -0.4 is 0 Å². The van der Waals surface area contributed by atoms with E-state index in [2.05, 4.69) is 9.97 Å². The molecule has 0 bridgehead atoms. The Hall–Kier alpha value is -1.12. The molecule has 0 radical (unpaired) electrons. The van der Waals surface area contributed by atoms with Crippen molar-refractivity contribution in [3.05, 3.63) is 24.0 Å². The van der Waals surface area contributed by atoms with E-state index in [9.17, 15) is 17.4 Å². The Kier molecular flexibility index (Phi) is 5.12. The predicted molar refractivity (Wildman–Crippen MR) is 62.2 cm³/mol. The largest absolute Gasteiger partial charge is 0.384 e. The van der Waals surface area contributed by atoms with E-state index in [1.165, 1.54) is 7.11 Å². The van der Waals surface area contributed by atoms with Gasteiger partial charge in [0.1, 0.15) is 5.82 Å². The molecular formula is C10H15FN2O4S. The molecule has 8 heteroatoms. The maximum atomic E-state index is 12.7.